The lowest BCUT2D eigenvalue weighted by Crippen LogP contribution is -2.30. The summed E-state index contributed by atoms with van der Waals surface area (Å²) in [7, 11) is 1.67. The molecule has 0 spiro atoms. The molecule has 19 heavy (non-hydrogen) atoms. The quantitative estimate of drug-likeness (QED) is 0.832. The fourth-order valence-electron chi connectivity index (χ4n) is 2.76. The summed E-state index contributed by atoms with van der Waals surface area (Å²) in [5, 5.41) is 10.7. The van der Waals surface area contributed by atoms with Gasteiger partial charge in [0.25, 0.3) is 0 Å². The Morgan fingerprint density at radius 2 is 1.89 bits per heavy atom. The van der Waals surface area contributed by atoms with Gasteiger partial charge in [0.1, 0.15) is 5.75 Å². The number of allylic oxidation sites excluding steroid dienone is 1. The number of ether oxygens (including phenoxy) is 1. The lowest BCUT2D eigenvalue weighted by Gasteiger charge is -2.27. The van der Waals surface area contributed by atoms with Crippen molar-refractivity contribution in [2.24, 2.45) is 0 Å². The fourth-order valence-corrected chi connectivity index (χ4v) is 2.76. The van der Waals surface area contributed by atoms with Crippen LogP contribution in [0.5, 0.6) is 5.75 Å². The zero-order chi connectivity index (χ0) is 13.7. The number of methoxy groups -OCH3 is 1. The predicted molar refractivity (Wildman–Crippen MR) is 78.5 cm³/mol. The summed E-state index contributed by atoms with van der Waals surface area (Å²) in [4.78, 5) is 0. The molecule has 0 amide bonds. The van der Waals surface area contributed by atoms with E-state index in [0.29, 0.717) is 6.42 Å². The number of rotatable bonds is 4. The molecule has 0 saturated heterocycles. The van der Waals surface area contributed by atoms with Crippen LogP contribution in [0.15, 0.2) is 35.9 Å². The highest BCUT2D eigenvalue weighted by Crippen LogP contribution is 2.29. The van der Waals surface area contributed by atoms with Crippen molar-refractivity contribution in [3.63, 3.8) is 0 Å². The van der Waals surface area contributed by atoms with Gasteiger partial charge in [-0.3, -0.25) is 0 Å². The van der Waals surface area contributed by atoms with E-state index in [2.05, 4.69) is 6.08 Å². The summed E-state index contributed by atoms with van der Waals surface area (Å²) in [6, 6.07) is 7.97. The highest BCUT2D eigenvalue weighted by atomic mass is 16.5. The molecular weight excluding hydrogens is 236 g/mol. The fraction of sp³-hybridized carbons (Fsp3) is 0.529. The van der Waals surface area contributed by atoms with Crippen LogP contribution < -0.4 is 4.74 Å². The number of hydrogen-bond donors (Lipinski definition) is 1. The number of benzene rings is 1. The molecule has 1 aliphatic rings. The zero-order valence-corrected chi connectivity index (χ0v) is 12.0. The maximum atomic E-state index is 10.7. The maximum Gasteiger partial charge on any atom is 0.118 e. The minimum absolute atomic E-state index is 0.669. The van der Waals surface area contributed by atoms with Crippen LogP contribution in [0.4, 0.5) is 0 Å². The smallest absolute Gasteiger partial charge is 0.118 e. The van der Waals surface area contributed by atoms with Crippen molar-refractivity contribution >= 4 is 0 Å². The molecule has 0 aromatic heterocycles. The second kappa shape index (κ2) is 6.25. The largest absolute Gasteiger partial charge is 0.497 e. The summed E-state index contributed by atoms with van der Waals surface area (Å²) in [5.74, 6) is 0.858. The highest BCUT2D eigenvalue weighted by Gasteiger charge is 2.26. The van der Waals surface area contributed by atoms with Gasteiger partial charge in [0.05, 0.1) is 12.7 Å². The molecule has 1 atom stereocenters. The SMILES string of the molecule is COc1ccc(CC(C)(O)C2=CCCCCC2)cc1. The molecule has 2 heteroatoms. The third-order valence-electron chi connectivity index (χ3n) is 3.94. The van der Waals surface area contributed by atoms with E-state index in [-0.39, 0.29) is 0 Å². The molecule has 104 valence electrons. The van der Waals surface area contributed by atoms with Crippen LogP contribution in [0.2, 0.25) is 0 Å². The average Bonchev–Trinajstić information content (AvgIpc) is 2.68. The van der Waals surface area contributed by atoms with E-state index < -0.39 is 5.60 Å². The summed E-state index contributed by atoms with van der Waals surface area (Å²) >= 11 is 0. The van der Waals surface area contributed by atoms with Gasteiger partial charge < -0.3 is 9.84 Å². The van der Waals surface area contributed by atoms with Crippen LogP contribution in [0, 0.1) is 0 Å². The van der Waals surface area contributed by atoms with E-state index in [1.807, 2.05) is 31.2 Å². The van der Waals surface area contributed by atoms with Crippen LogP contribution in [0.1, 0.15) is 44.6 Å². The van der Waals surface area contributed by atoms with E-state index in [9.17, 15) is 5.11 Å². The molecule has 0 aliphatic heterocycles. The first-order valence-electron chi connectivity index (χ1n) is 7.16. The van der Waals surface area contributed by atoms with Crippen molar-refractivity contribution < 1.29 is 9.84 Å². The van der Waals surface area contributed by atoms with Gasteiger partial charge in [0.15, 0.2) is 0 Å². The summed E-state index contributed by atoms with van der Waals surface area (Å²) in [6.45, 7) is 1.94. The summed E-state index contributed by atoms with van der Waals surface area (Å²) in [6.07, 6.45) is 8.78. The molecule has 0 fully saturated rings. The van der Waals surface area contributed by atoms with E-state index in [1.54, 1.807) is 7.11 Å². The van der Waals surface area contributed by atoms with E-state index in [1.165, 1.54) is 24.8 Å². The van der Waals surface area contributed by atoms with Crippen molar-refractivity contribution in [2.75, 3.05) is 7.11 Å². The van der Waals surface area contributed by atoms with Crippen molar-refractivity contribution in [2.45, 2.75) is 51.0 Å². The minimum Gasteiger partial charge on any atom is -0.497 e. The molecule has 1 N–H and O–H groups in total. The summed E-state index contributed by atoms with van der Waals surface area (Å²) < 4.78 is 5.16. The second-order valence-corrected chi connectivity index (χ2v) is 5.63. The third kappa shape index (κ3) is 3.84. The van der Waals surface area contributed by atoms with E-state index >= 15 is 0 Å². The van der Waals surface area contributed by atoms with Gasteiger partial charge >= 0.3 is 0 Å². The van der Waals surface area contributed by atoms with Crippen LogP contribution in [0.3, 0.4) is 0 Å². The van der Waals surface area contributed by atoms with Gasteiger partial charge in [-0.1, -0.05) is 24.6 Å². The summed E-state index contributed by atoms with van der Waals surface area (Å²) in [5.41, 5.74) is 1.63. The number of aliphatic hydroxyl groups is 1. The van der Waals surface area contributed by atoms with Crippen molar-refractivity contribution in [3.8, 4) is 5.75 Å². The Bertz CT molecular complexity index is 429. The topological polar surface area (TPSA) is 29.5 Å². The third-order valence-corrected chi connectivity index (χ3v) is 3.94. The highest BCUT2D eigenvalue weighted by molar-refractivity contribution is 5.30. The van der Waals surface area contributed by atoms with Crippen LogP contribution in [-0.2, 0) is 6.42 Å². The van der Waals surface area contributed by atoms with Crippen molar-refractivity contribution in [1.82, 2.24) is 0 Å². The minimum atomic E-state index is -0.723. The average molecular weight is 260 g/mol. The molecule has 2 nitrogen and oxygen atoms in total. The Morgan fingerprint density at radius 3 is 2.58 bits per heavy atom. The molecule has 0 radical (unpaired) electrons. The van der Waals surface area contributed by atoms with Crippen LogP contribution in [-0.4, -0.2) is 17.8 Å². The van der Waals surface area contributed by atoms with E-state index in [0.717, 1.165) is 24.2 Å². The van der Waals surface area contributed by atoms with Gasteiger partial charge in [-0.25, -0.2) is 0 Å². The first-order chi connectivity index (χ1) is 9.12. The maximum absolute atomic E-state index is 10.7. The number of hydrogen-bond acceptors (Lipinski definition) is 2. The van der Waals surface area contributed by atoms with Crippen LogP contribution >= 0.6 is 0 Å². The van der Waals surface area contributed by atoms with Gasteiger partial charge in [-0.15, -0.1) is 0 Å². The van der Waals surface area contributed by atoms with Gasteiger partial charge in [0, 0.05) is 6.42 Å². The standard InChI is InChI=1S/C17H24O2/c1-17(18,15-7-5-3-4-6-8-15)13-14-9-11-16(19-2)12-10-14/h7,9-12,18H,3-6,8,13H2,1-2H3. The Labute approximate surface area is 116 Å². The monoisotopic (exact) mass is 260 g/mol. The molecule has 0 heterocycles. The Hall–Kier alpha value is -1.28. The second-order valence-electron chi connectivity index (χ2n) is 5.63. The van der Waals surface area contributed by atoms with Gasteiger partial charge in [0.2, 0.25) is 0 Å². The Balaban J connectivity index is 2.08. The Kier molecular flexibility index (Phi) is 4.65. The van der Waals surface area contributed by atoms with Crippen molar-refractivity contribution in [1.29, 1.82) is 0 Å². The molecule has 1 unspecified atom stereocenters. The van der Waals surface area contributed by atoms with Crippen LogP contribution in [0.25, 0.3) is 0 Å². The molecule has 1 aromatic rings. The molecule has 2 rings (SSSR count). The molecule has 1 aliphatic carbocycles. The normalized spacial score (nSPS) is 19.2. The van der Waals surface area contributed by atoms with Crippen molar-refractivity contribution in [3.05, 3.63) is 41.5 Å². The first-order valence-corrected chi connectivity index (χ1v) is 7.16. The predicted octanol–water partition coefficient (Wildman–Crippen LogP) is 3.88. The molecule has 0 bridgehead atoms. The van der Waals surface area contributed by atoms with E-state index in [4.69, 9.17) is 4.74 Å². The molecular formula is C17H24O2. The Morgan fingerprint density at radius 1 is 1.16 bits per heavy atom. The van der Waals surface area contributed by atoms with Gasteiger partial charge in [-0.2, -0.15) is 0 Å². The van der Waals surface area contributed by atoms with Gasteiger partial charge in [-0.05, 0) is 55.9 Å². The first kappa shape index (κ1) is 14.1. The lowest BCUT2D eigenvalue weighted by atomic mass is 9.86. The molecule has 1 aromatic carbocycles. The lowest BCUT2D eigenvalue weighted by molar-refractivity contribution is 0.0949. The molecule has 0 saturated carbocycles. The zero-order valence-electron chi connectivity index (χ0n) is 12.0.